The summed E-state index contributed by atoms with van der Waals surface area (Å²) < 4.78 is 25.1. The van der Waals surface area contributed by atoms with Gasteiger partial charge in [-0.1, -0.05) is 30.3 Å². The molecule has 0 radical (unpaired) electrons. The molecule has 2 heterocycles. The first-order chi connectivity index (χ1) is 18.3. The summed E-state index contributed by atoms with van der Waals surface area (Å²) >= 11 is 0. The predicted molar refractivity (Wildman–Crippen MR) is 136 cm³/mol. The minimum absolute atomic E-state index is 0.0705. The SMILES string of the molecule is CCCC(=O)OCC(CO)CON=C1CN(c2ncc(-c3cccc(COC(=O)CC(=N)N)c3F)cn2)C1. The standard InChI is InChI=1S/C25H31FN6O6/c1-2-4-22(34)36-13-16(12-33)14-38-31-19-10-32(11-19)25-29-8-18(9-30-25)20-6-3-5-17(24(20)26)15-37-23(35)7-21(27)28/h3,5-6,8-9,16,33H,2,4,7,10-15H2,1H3,(H3,27,28). The average molecular weight is 531 g/mol. The van der Waals surface area contributed by atoms with Crippen LogP contribution in [0.15, 0.2) is 35.7 Å². The number of hydrogen-bond acceptors (Lipinski definition) is 11. The van der Waals surface area contributed by atoms with Crippen molar-refractivity contribution in [3.8, 4) is 11.1 Å². The van der Waals surface area contributed by atoms with Gasteiger partial charge in [0.15, 0.2) is 0 Å². The van der Waals surface area contributed by atoms with E-state index in [0.717, 1.165) is 5.71 Å². The van der Waals surface area contributed by atoms with Crippen molar-refractivity contribution in [3.05, 3.63) is 42.0 Å². The number of nitrogens with one attached hydrogen (secondary N) is 1. The number of halogens is 1. The van der Waals surface area contributed by atoms with E-state index < -0.39 is 11.8 Å². The number of aliphatic hydroxyl groups is 1. The third kappa shape index (κ3) is 8.20. The van der Waals surface area contributed by atoms with Crippen LogP contribution >= 0.6 is 0 Å². The molecule has 1 aliphatic heterocycles. The lowest BCUT2D eigenvalue weighted by Crippen LogP contribution is -2.48. The first kappa shape index (κ1) is 28.4. The molecule has 4 N–H and O–H groups in total. The van der Waals surface area contributed by atoms with E-state index in [4.69, 9.17) is 25.5 Å². The molecule has 204 valence electrons. The Morgan fingerprint density at radius 1 is 1.21 bits per heavy atom. The van der Waals surface area contributed by atoms with E-state index in [-0.39, 0.29) is 61.7 Å². The molecule has 0 bridgehead atoms. The van der Waals surface area contributed by atoms with Crippen LogP contribution in [0.5, 0.6) is 0 Å². The third-order valence-corrected chi connectivity index (χ3v) is 5.48. The number of oxime groups is 1. The molecule has 1 saturated heterocycles. The highest BCUT2D eigenvalue weighted by Gasteiger charge is 2.25. The normalized spacial score (nSPS) is 13.3. The van der Waals surface area contributed by atoms with Gasteiger partial charge in [-0.15, -0.1) is 0 Å². The van der Waals surface area contributed by atoms with Gasteiger partial charge >= 0.3 is 11.9 Å². The highest BCUT2D eigenvalue weighted by molar-refractivity contribution is 5.98. The van der Waals surface area contributed by atoms with Crippen molar-refractivity contribution < 1.29 is 33.4 Å². The molecular weight excluding hydrogens is 499 g/mol. The molecule has 2 aromatic rings. The molecule has 1 aliphatic rings. The van der Waals surface area contributed by atoms with Crippen molar-refractivity contribution in [1.29, 1.82) is 5.41 Å². The molecule has 3 rings (SSSR count). The van der Waals surface area contributed by atoms with Crippen LogP contribution in [0.4, 0.5) is 10.3 Å². The van der Waals surface area contributed by atoms with Gasteiger partial charge in [0, 0.05) is 35.5 Å². The largest absolute Gasteiger partial charge is 0.465 e. The molecule has 38 heavy (non-hydrogen) atoms. The van der Waals surface area contributed by atoms with Crippen molar-refractivity contribution in [2.75, 3.05) is 37.8 Å². The number of nitrogens with two attached hydrogens (primary N) is 1. The van der Waals surface area contributed by atoms with Crippen molar-refractivity contribution in [2.45, 2.75) is 32.8 Å². The van der Waals surface area contributed by atoms with Crippen molar-refractivity contribution in [2.24, 2.45) is 16.8 Å². The zero-order valence-corrected chi connectivity index (χ0v) is 21.1. The molecule has 0 amide bonds. The van der Waals surface area contributed by atoms with Crippen LogP contribution in [0.3, 0.4) is 0 Å². The number of carbonyl (C=O) groups excluding carboxylic acids is 2. The Morgan fingerprint density at radius 2 is 1.95 bits per heavy atom. The van der Waals surface area contributed by atoms with Crippen molar-refractivity contribution in [3.63, 3.8) is 0 Å². The lowest BCUT2D eigenvalue weighted by atomic mass is 10.1. The monoisotopic (exact) mass is 530 g/mol. The number of ether oxygens (including phenoxy) is 2. The smallest absolute Gasteiger partial charge is 0.313 e. The number of benzene rings is 1. The molecule has 1 fully saturated rings. The number of hydrogen-bond donors (Lipinski definition) is 3. The molecule has 1 aromatic carbocycles. The van der Waals surface area contributed by atoms with Crippen LogP contribution in [0.1, 0.15) is 31.7 Å². The van der Waals surface area contributed by atoms with Gasteiger partial charge in [0.05, 0.1) is 37.9 Å². The van der Waals surface area contributed by atoms with E-state index in [1.807, 2.05) is 11.8 Å². The Hall–Kier alpha value is -4.13. The number of anilines is 1. The minimum atomic E-state index is -0.709. The summed E-state index contributed by atoms with van der Waals surface area (Å²) in [5, 5.41) is 20.6. The first-order valence-electron chi connectivity index (χ1n) is 12.1. The predicted octanol–water partition coefficient (Wildman–Crippen LogP) is 1.80. The Morgan fingerprint density at radius 3 is 2.61 bits per heavy atom. The van der Waals surface area contributed by atoms with E-state index in [9.17, 15) is 19.1 Å². The Balaban J connectivity index is 1.49. The van der Waals surface area contributed by atoms with Crippen LogP contribution in [0.25, 0.3) is 11.1 Å². The third-order valence-electron chi connectivity index (χ3n) is 5.48. The molecular formula is C25H31FN6O6. The zero-order chi connectivity index (χ0) is 27.5. The Bertz CT molecular complexity index is 1150. The van der Waals surface area contributed by atoms with E-state index in [0.29, 0.717) is 37.4 Å². The molecule has 0 spiro atoms. The average Bonchev–Trinajstić information content (AvgIpc) is 2.86. The molecule has 1 atom stereocenters. The van der Waals surface area contributed by atoms with E-state index in [2.05, 4.69) is 15.1 Å². The van der Waals surface area contributed by atoms with E-state index in [1.165, 1.54) is 18.5 Å². The molecule has 12 nitrogen and oxygen atoms in total. The zero-order valence-electron chi connectivity index (χ0n) is 21.1. The molecule has 1 unspecified atom stereocenters. The fraction of sp³-hybridized carbons (Fsp3) is 0.440. The summed E-state index contributed by atoms with van der Waals surface area (Å²) in [6.45, 7) is 2.49. The summed E-state index contributed by atoms with van der Waals surface area (Å²) in [5.74, 6) is -1.82. The first-order valence-corrected chi connectivity index (χ1v) is 12.1. The summed E-state index contributed by atoms with van der Waals surface area (Å²) in [6, 6.07) is 4.71. The molecule has 1 aromatic heterocycles. The second kappa shape index (κ2) is 14.0. The quantitative estimate of drug-likeness (QED) is 0.141. The minimum Gasteiger partial charge on any atom is -0.465 e. The number of amidine groups is 1. The van der Waals surface area contributed by atoms with Gasteiger partial charge in [-0.05, 0) is 6.42 Å². The van der Waals surface area contributed by atoms with E-state index >= 15 is 0 Å². The van der Waals surface area contributed by atoms with Crippen LogP contribution in [-0.4, -0.2) is 71.5 Å². The Labute approximate surface area is 219 Å². The number of nitrogens with zero attached hydrogens (tertiary/aromatic N) is 4. The van der Waals surface area contributed by atoms with E-state index in [1.54, 1.807) is 12.1 Å². The molecule has 0 saturated carbocycles. The molecule has 0 aliphatic carbocycles. The lowest BCUT2D eigenvalue weighted by Gasteiger charge is -2.32. The van der Waals surface area contributed by atoms with Gasteiger partial charge in [0.1, 0.15) is 31.3 Å². The number of aliphatic hydroxyl groups excluding tert-OH is 1. The number of carbonyl (C=O) groups is 2. The van der Waals surface area contributed by atoms with Gasteiger partial charge in [0.25, 0.3) is 0 Å². The summed E-state index contributed by atoms with van der Waals surface area (Å²) in [6.07, 6.45) is 3.68. The van der Waals surface area contributed by atoms with Crippen LogP contribution in [-0.2, 0) is 30.5 Å². The van der Waals surface area contributed by atoms with Crippen LogP contribution in [0.2, 0.25) is 0 Å². The van der Waals surface area contributed by atoms with Gasteiger partial charge in [-0.25, -0.2) is 14.4 Å². The van der Waals surface area contributed by atoms with Gasteiger partial charge in [-0.2, -0.15) is 0 Å². The Kier molecular flexibility index (Phi) is 10.5. The maximum Gasteiger partial charge on any atom is 0.313 e. The second-order valence-electron chi connectivity index (χ2n) is 8.70. The van der Waals surface area contributed by atoms with Crippen LogP contribution in [0, 0.1) is 17.1 Å². The van der Waals surface area contributed by atoms with Gasteiger partial charge < -0.3 is 30.1 Å². The van der Waals surface area contributed by atoms with Crippen molar-refractivity contribution in [1.82, 2.24) is 9.97 Å². The van der Waals surface area contributed by atoms with Gasteiger partial charge in [-0.3, -0.25) is 15.0 Å². The highest BCUT2D eigenvalue weighted by atomic mass is 19.1. The van der Waals surface area contributed by atoms with Crippen LogP contribution < -0.4 is 10.6 Å². The lowest BCUT2D eigenvalue weighted by molar-refractivity contribution is -0.146. The van der Waals surface area contributed by atoms with Gasteiger partial charge in [0.2, 0.25) is 5.95 Å². The maximum absolute atomic E-state index is 15.0. The summed E-state index contributed by atoms with van der Waals surface area (Å²) in [5.41, 5.74) is 6.82. The fourth-order valence-corrected chi connectivity index (χ4v) is 3.37. The second-order valence-corrected chi connectivity index (χ2v) is 8.70. The maximum atomic E-state index is 15.0. The number of esters is 2. The highest BCUT2D eigenvalue weighted by Crippen LogP contribution is 2.26. The van der Waals surface area contributed by atoms with Crippen molar-refractivity contribution >= 4 is 29.4 Å². The number of aromatic nitrogens is 2. The molecule has 13 heteroatoms. The summed E-state index contributed by atoms with van der Waals surface area (Å²) in [4.78, 5) is 38.8. The topological polar surface area (TPSA) is 173 Å². The summed E-state index contributed by atoms with van der Waals surface area (Å²) in [7, 11) is 0. The number of rotatable bonds is 14. The fourth-order valence-electron chi connectivity index (χ4n) is 3.37.